The van der Waals surface area contributed by atoms with Crippen LogP contribution in [0.25, 0.3) is 0 Å². The van der Waals surface area contributed by atoms with Crippen LogP contribution in [-0.2, 0) is 41.6 Å². The molecule has 1 unspecified atom stereocenters. The average Bonchev–Trinajstić information content (AvgIpc) is 3.34. The Balaban J connectivity index is 1.38. The van der Waals surface area contributed by atoms with Crippen LogP contribution >= 0.6 is 0 Å². The minimum atomic E-state index is -1.05. The number of carbonyl (C=O) groups excluding carboxylic acids is 5. The number of rotatable bonds is 15. The van der Waals surface area contributed by atoms with Crippen molar-refractivity contribution in [1.29, 1.82) is 0 Å². The summed E-state index contributed by atoms with van der Waals surface area (Å²) in [5.41, 5.74) is 24.7. The molecule has 370 valence electrons. The predicted molar refractivity (Wildman–Crippen MR) is 268 cm³/mol. The van der Waals surface area contributed by atoms with E-state index in [1.807, 2.05) is 107 Å². The van der Waals surface area contributed by atoms with Gasteiger partial charge in [0.25, 0.3) is 0 Å². The van der Waals surface area contributed by atoms with E-state index < -0.39 is 12.0 Å². The van der Waals surface area contributed by atoms with Crippen molar-refractivity contribution in [3.8, 4) is 0 Å². The number of aliphatic carboxylic acids is 1. The standard InChI is InChI=1S/C53H71N9O7/c54-29-26-50(65)60-34-4-3-33-59(49(64)25-24-48(63)58-32-2-1-7-47(57)53(68)69)43-16-8-39(9-17-43)37-40-10-20-45(21-11-40)61(51(66)27-30-55)35-5-6-36-62(52(67)28-31-56)46-22-14-42(15-23-46)38-41-12-18-44(60)19-13-41/h8-23,47H,1-7,24-38,54-57H2,(H,58,63)(H,68,69)/p+3. The second-order valence-corrected chi connectivity index (χ2v) is 17.7. The fraction of sp³-hybridized carbons (Fsp3) is 0.434. The number of benzene rings is 4. The highest BCUT2D eigenvalue weighted by atomic mass is 16.4. The molecule has 16 heteroatoms. The molecule has 5 amide bonds. The van der Waals surface area contributed by atoms with Crippen LogP contribution in [0.2, 0.25) is 0 Å². The SMILES string of the molecule is NC(CCCCNC(=O)CCC(=O)N1CCCCN(C(=O)CC[NH3+])c2ccc(cc2)Cc2ccc(cc2)N(C(=O)CC[NH3+])CCCCN(C(=O)CC[NH3+])c2ccc(cc2)Cc2ccc1cc2)C(=O)O. The quantitative estimate of drug-likeness (QED) is 0.0964. The van der Waals surface area contributed by atoms with E-state index in [1.165, 1.54) is 0 Å². The largest absolute Gasteiger partial charge is 0.480 e. The van der Waals surface area contributed by atoms with Gasteiger partial charge in [0.1, 0.15) is 6.04 Å². The van der Waals surface area contributed by atoms with Gasteiger partial charge in [-0.15, -0.1) is 0 Å². The molecule has 4 aromatic rings. The lowest BCUT2D eigenvalue weighted by molar-refractivity contribution is -0.366. The van der Waals surface area contributed by atoms with E-state index in [0.29, 0.717) is 135 Å². The first-order valence-electron chi connectivity index (χ1n) is 24.6. The van der Waals surface area contributed by atoms with Crippen LogP contribution in [0.5, 0.6) is 0 Å². The van der Waals surface area contributed by atoms with Gasteiger partial charge in [0.2, 0.25) is 29.5 Å². The lowest BCUT2D eigenvalue weighted by Gasteiger charge is -2.26. The summed E-state index contributed by atoms with van der Waals surface area (Å²) in [4.78, 5) is 85.2. The molecule has 13 N–H and O–H groups in total. The molecule has 7 aliphatic rings. The van der Waals surface area contributed by atoms with Crippen molar-refractivity contribution in [3.63, 3.8) is 0 Å². The highest BCUT2D eigenvalue weighted by molar-refractivity contribution is 5.96. The number of carbonyl (C=O) groups is 6. The molecule has 0 aromatic heterocycles. The molecular weight excluding hydrogens is 875 g/mol. The molecule has 16 nitrogen and oxygen atoms in total. The summed E-state index contributed by atoms with van der Waals surface area (Å²) in [5.74, 6) is -1.51. The Morgan fingerprint density at radius 2 is 0.783 bits per heavy atom. The van der Waals surface area contributed by atoms with Gasteiger partial charge < -0.3 is 53.0 Å². The molecule has 0 radical (unpaired) electrons. The van der Waals surface area contributed by atoms with E-state index in [0.717, 1.165) is 39.3 Å². The maximum absolute atomic E-state index is 13.9. The third-order valence-corrected chi connectivity index (χ3v) is 12.4. The van der Waals surface area contributed by atoms with E-state index in [4.69, 9.17) is 10.8 Å². The van der Waals surface area contributed by atoms with Crippen molar-refractivity contribution in [2.24, 2.45) is 5.73 Å². The Kier molecular flexibility index (Phi) is 21.8. The Labute approximate surface area is 406 Å². The van der Waals surface area contributed by atoms with Gasteiger partial charge in [-0.2, -0.15) is 0 Å². The Hall–Kier alpha value is -6.46. The highest BCUT2D eigenvalue weighted by Crippen LogP contribution is 2.25. The van der Waals surface area contributed by atoms with Crippen molar-refractivity contribution in [2.75, 3.05) is 72.0 Å². The fourth-order valence-corrected chi connectivity index (χ4v) is 8.46. The number of hydrogen-bond donors (Lipinski definition) is 6. The smallest absolute Gasteiger partial charge is 0.320 e. The lowest BCUT2D eigenvalue weighted by atomic mass is 10.0. The summed E-state index contributed by atoms with van der Waals surface area (Å²) < 4.78 is 0. The zero-order chi connectivity index (χ0) is 49.5. The van der Waals surface area contributed by atoms with E-state index in [-0.39, 0.29) is 42.4 Å². The number of hydrogen-bond acceptors (Lipinski definition) is 7. The minimum absolute atomic E-state index is 0.00179. The number of unbranched alkanes of at least 4 members (excludes halogenated alkanes) is 1. The number of nitrogens with two attached hydrogens (primary N) is 1. The zero-order valence-electron chi connectivity index (χ0n) is 40.3. The third-order valence-electron chi connectivity index (χ3n) is 12.4. The van der Waals surface area contributed by atoms with Gasteiger partial charge in [-0.25, -0.2) is 0 Å². The lowest BCUT2D eigenvalue weighted by Crippen LogP contribution is -2.52. The third kappa shape index (κ3) is 16.9. The molecule has 0 aliphatic carbocycles. The first-order chi connectivity index (χ1) is 33.4. The van der Waals surface area contributed by atoms with Gasteiger partial charge in [-0.3, -0.25) is 28.8 Å². The number of anilines is 4. The molecule has 8 bridgehead atoms. The molecule has 69 heavy (non-hydrogen) atoms. The van der Waals surface area contributed by atoms with E-state index in [2.05, 4.69) is 22.5 Å². The topological polar surface area (TPSA) is 257 Å². The van der Waals surface area contributed by atoms with Crippen LogP contribution in [0.15, 0.2) is 97.1 Å². The molecule has 4 aromatic carbocycles. The monoisotopic (exact) mass is 949 g/mol. The van der Waals surface area contributed by atoms with Crippen LogP contribution < -0.4 is 47.9 Å². The van der Waals surface area contributed by atoms with Crippen LogP contribution in [0, 0.1) is 0 Å². The van der Waals surface area contributed by atoms with Crippen molar-refractivity contribution in [3.05, 3.63) is 119 Å². The van der Waals surface area contributed by atoms with Gasteiger partial charge in [-0.1, -0.05) is 48.5 Å². The number of carboxylic acids is 1. The van der Waals surface area contributed by atoms with Crippen molar-refractivity contribution >= 4 is 58.3 Å². The van der Waals surface area contributed by atoms with Gasteiger partial charge in [0, 0.05) is 68.3 Å². The molecule has 7 aliphatic heterocycles. The molecule has 0 spiro atoms. The fourth-order valence-electron chi connectivity index (χ4n) is 8.46. The maximum atomic E-state index is 13.9. The molecule has 0 fully saturated rings. The summed E-state index contributed by atoms with van der Waals surface area (Å²) in [6, 6.07) is 31.0. The van der Waals surface area contributed by atoms with E-state index in [9.17, 15) is 28.8 Å². The number of quaternary nitrogens is 3. The summed E-state index contributed by atoms with van der Waals surface area (Å²) in [6.45, 7) is 3.66. The minimum Gasteiger partial charge on any atom is -0.480 e. The summed E-state index contributed by atoms with van der Waals surface area (Å²) in [6.07, 6.45) is 6.30. The average molecular weight is 949 g/mol. The molecule has 7 heterocycles. The van der Waals surface area contributed by atoms with E-state index >= 15 is 0 Å². The number of carboxylic acid groups (broad SMARTS) is 1. The van der Waals surface area contributed by atoms with Crippen LogP contribution in [0.1, 0.15) is 99.3 Å². The predicted octanol–water partition coefficient (Wildman–Crippen LogP) is 2.85. The number of nitrogens with zero attached hydrogens (tertiary/aromatic N) is 4. The van der Waals surface area contributed by atoms with Crippen molar-refractivity contribution in [2.45, 2.75) is 95.9 Å². The van der Waals surface area contributed by atoms with Gasteiger partial charge in [0.05, 0.1) is 38.9 Å². The Bertz CT molecular complexity index is 2270. The normalized spacial score (nSPS) is 14.4. The Morgan fingerprint density at radius 1 is 0.478 bits per heavy atom. The van der Waals surface area contributed by atoms with E-state index in [1.54, 1.807) is 9.80 Å². The molecule has 1 atom stereocenters. The zero-order valence-corrected chi connectivity index (χ0v) is 40.3. The Morgan fingerprint density at radius 3 is 1.07 bits per heavy atom. The summed E-state index contributed by atoms with van der Waals surface area (Å²) >= 11 is 0. The first kappa shape index (κ1) is 53.5. The van der Waals surface area contributed by atoms with Crippen molar-refractivity contribution < 1.29 is 51.1 Å². The second-order valence-electron chi connectivity index (χ2n) is 17.7. The molecule has 0 saturated carbocycles. The first-order valence-corrected chi connectivity index (χ1v) is 24.6. The van der Waals surface area contributed by atoms with Crippen LogP contribution in [0.3, 0.4) is 0 Å². The summed E-state index contributed by atoms with van der Waals surface area (Å²) in [7, 11) is 0. The second kappa shape index (κ2) is 28.1. The van der Waals surface area contributed by atoms with Crippen LogP contribution in [-0.4, -0.2) is 99.0 Å². The van der Waals surface area contributed by atoms with Gasteiger partial charge in [0.15, 0.2) is 0 Å². The molecule has 11 rings (SSSR count). The maximum Gasteiger partial charge on any atom is 0.320 e. The molecular formula is C53H74N9O7+3. The van der Waals surface area contributed by atoms with Gasteiger partial charge in [-0.05, 0) is 129 Å². The van der Waals surface area contributed by atoms with Crippen LogP contribution in [0.4, 0.5) is 22.7 Å². The number of amides is 5. The molecule has 0 saturated heterocycles. The van der Waals surface area contributed by atoms with Gasteiger partial charge >= 0.3 is 5.97 Å². The van der Waals surface area contributed by atoms with Crippen molar-refractivity contribution in [1.82, 2.24) is 5.32 Å². The summed E-state index contributed by atoms with van der Waals surface area (Å²) in [5, 5.41) is 11.8. The number of nitrogens with one attached hydrogen (secondary N) is 1. The highest BCUT2D eigenvalue weighted by Gasteiger charge is 2.22.